The molecule has 2 rings (SSSR count). The molecule has 100 valence electrons. The number of hydrogen-bond acceptors (Lipinski definition) is 4. The van der Waals surface area contributed by atoms with Crippen LogP contribution in [0.15, 0.2) is 24.3 Å². The second-order valence-electron chi connectivity index (χ2n) is 4.40. The molecule has 1 heterocycles. The lowest BCUT2D eigenvalue weighted by atomic mass is 10.0. The summed E-state index contributed by atoms with van der Waals surface area (Å²) in [5.41, 5.74) is 3.17. The van der Waals surface area contributed by atoms with E-state index >= 15 is 0 Å². The lowest BCUT2D eigenvalue weighted by molar-refractivity contribution is 0.414. The Morgan fingerprint density at radius 3 is 2.58 bits per heavy atom. The fourth-order valence-corrected chi connectivity index (χ4v) is 2.03. The molecule has 0 amide bonds. The highest BCUT2D eigenvalue weighted by atomic mass is 16.5. The van der Waals surface area contributed by atoms with Crippen molar-refractivity contribution in [2.75, 3.05) is 19.0 Å². The summed E-state index contributed by atoms with van der Waals surface area (Å²) in [6.07, 6.45) is 0. The number of benzene rings is 1. The molecule has 0 aliphatic heterocycles. The van der Waals surface area contributed by atoms with Crippen molar-refractivity contribution in [1.82, 2.24) is 9.97 Å². The van der Waals surface area contributed by atoms with Crippen molar-refractivity contribution < 1.29 is 4.74 Å². The summed E-state index contributed by atoms with van der Waals surface area (Å²) in [6.45, 7) is 6.86. The number of nitrogens with one attached hydrogen (secondary N) is 1. The van der Waals surface area contributed by atoms with Crippen molar-refractivity contribution in [3.63, 3.8) is 0 Å². The monoisotopic (exact) mass is 257 g/mol. The normalized spacial score (nSPS) is 10.3. The van der Waals surface area contributed by atoms with Crippen LogP contribution in [0.1, 0.15) is 18.3 Å². The zero-order valence-electron chi connectivity index (χ0n) is 11.8. The second-order valence-corrected chi connectivity index (χ2v) is 4.40. The van der Waals surface area contributed by atoms with E-state index in [-0.39, 0.29) is 0 Å². The summed E-state index contributed by atoms with van der Waals surface area (Å²) in [7, 11) is 1.67. The van der Waals surface area contributed by atoms with E-state index < -0.39 is 0 Å². The van der Waals surface area contributed by atoms with E-state index in [1.165, 1.54) is 0 Å². The number of nitrogens with zero attached hydrogens (tertiary/aromatic N) is 2. The Labute approximate surface area is 113 Å². The van der Waals surface area contributed by atoms with E-state index in [1.54, 1.807) is 7.11 Å². The molecule has 4 heteroatoms. The van der Waals surface area contributed by atoms with Gasteiger partial charge in [0.25, 0.3) is 0 Å². The first-order valence-corrected chi connectivity index (χ1v) is 6.38. The molecule has 0 spiro atoms. The molecule has 1 N–H and O–H groups in total. The molecule has 0 saturated heterocycles. The van der Waals surface area contributed by atoms with E-state index in [9.17, 15) is 0 Å². The van der Waals surface area contributed by atoms with Crippen LogP contribution in [0, 0.1) is 13.8 Å². The third kappa shape index (κ3) is 3.02. The quantitative estimate of drug-likeness (QED) is 0.913. The topological polar surface area (TPSA) is 47.0 Å². The van der Waals surface area contributed by atoms with Gasteiger partial charge in [-0.15, -0.1) is 0 Å². The smallest absolute Gasteiger partial charge is 0.130 e. The number of aryl methyl sites for hydroxylation is 2. The first-order valence-electron chi connectivity index (χ1n) is 6.38. The van der Waals surface area contributed by atoms with Crippen molar-refractivity contribution in [3.05, 3.63) is 35.7 Å². The summed E-state index contributed by atoms with van der Waals surface area (Å²) < 4.78 is 5.23. The Hall–Kier alpha value is -2.10. The van der Waals surface area contributed by atoms with Crippen LogP contribution in [0.4, 0.5) is 5.82 Å². The van der Waals surface area contributed by atoms with Crippen molar-refractivity contribution in [2.45, 2.75) is 20.8 Å². The largest absolute Gasteiger partial charge is 0.497 e. The van der Waals surface area contributed by atoms with Gasteiger partial charge in [0.05, 0.1) is 12.8 Å². The number of rotatable bonds is 4. The summed E-state index contributed by atoms with van der Waals surface area (Å²) in [5, 5.41) is 3.22. The third-order valence-electron chi connectivity index (χ3n) is 2.91. The Morgan fingerprint density at radius 1 is 1.16 bits per heavy atom. The standard InChI is InChI=1S/C15H19N3O/c1-5-16-15-9-14(17-11(3)18-15)13-7-6-12(19-4)8-10(13)2/h6-9H,5H2,1-4H3,(H,16,17,18). The number of hydrogen-bond donors (Lipinski definition) is 1. The molecule has 19 heavy (non-hydrogen) atoms. The lowest BCUT2D eigenvalue weighted by Gasteiger charge is -2.10. The fourth-order valence-electron chi connectivity index (χ4n) is 2.03. The molecule has 2 aromatic rings. The van der Waals surface area contributed by atoms with E-state index in [0.29, 0.717) is 0 Å². The zero-order chi connectivity index (χ0) is 13.8. The van der Waals surface area contributed by atoms with Crippen molar-refractivity contribution in [1.29, 1.82) is 0 Å². The molecule has 1 aromatic carbocycles. The number of ether oxygens (including phenoxy) is 1. The first-order chi connectivity index (χ1) is 9.13. The maximum atomic E-state index is 5.23. The van der Waals surface area contributed by atoms with Crippen LogP contribution in [0.25, 0.3) is 11.3 Å². The summed E-state index contributed by atoms with van der Waals surface area (Å²) in [6, 6.07) is 7.98. The van der Waals surface area contributed by atoms with E-state index in [2.05, 4.69) is 29.1 Å². The van der Waals surface area contributed by atoms with Gasteiger partial charge in [-0.25, -0.2) is 9.97 Å². The minimum atomic E-state index is 0.767. The molecule has 0 aliphatic carbocycles. The van der Waals surface area contributed by atoms with Crippen molar-refractivity contribution in [2.24, 2.45) is 0 Å². The minimum absolute atomic E-state index is 0.767. The molecule has 4 nitrogen and oxygen atoms in total. The van der Waals surface area contributed by atoms with Crippen molar-refractivity contribution >= 4 is 5.82 Å². The zero-order valence-corrected chi connectivity index (χ0v) is 11.8. The predicted molar refractivity (Wildman–Crippen MR) is 77.7 cm³/mol. The highest BCUT2D eigenvalue weighted by Gasteiger charge is 2.07. The Morgan fingerprint density at radius 2 is 1.95 bits per heavy atom. The maximum Gasteiger partial charge on any atom is 0.130 e. The van der Waals surface area contributed by atoms with Crippen LogP contribution in [-0.2, 0) is 0 Å². The summed E-state index contributed by atoms with van der Waals surface area (Å²) in [5.74, 6) is 2.49. The average molecular weight is 257 g/mol. The number of anilines is 1. The predicted octanol–water partition coefficient (Wildman–Crippen LogP) is 3.20. The molecular weight excluding hydrogens is 238 g/mol. The molecule has 0 saturated carbocycles. The Bertz CT molecular complexity index is 582. The van der Waals surface area contributed by atoms with Crippen LogP contribution < -0.4 is 10.1 Å². The maximum absolute atomic E-state index is 5.23. The van der Waals surface area contributed by atoms with Gasteiger partial charge in [0.2, 0.25) is 0 Å². The van der Waals surface area contributed by atoms with Crippen LogP contribution in [0.2, 0.25) is 0 Å². The number of methoxy groups -OCH3 is 1. The first kappa shape index (κ1) is 13.3. The Kier molecular flexibility index (Phi) is 4.00. The van der Waals surface area contributed by atoms with Crippen LogP contribution >= 0.6 is 0 Å². The van der Waals surface area contributed by atoms with Gasteiger partial charge in [0, 0.05) is 18.2 Å². The molecule has 0 aliphatic rings. The SMILES string of the molecule is CCNc1cc(-c2ccc(OC)cc2C)nc(C)n1. The van der Waals surface area contributed by atoms with Crippen LogP contribution in [0.3, 0.4) is 0 Å². The molecular formula is C15H19N3O. The average Bonchev–Trinajstić information content (AvgIpc) is 2.38. The molecule has 0 fully saturated rings. The van der Waals surface area contributed by atoms with Crippen LogP contribution in [-0.4, -0.2) is 23.6 Å². The van der Waals surface area contributed by atoms with E-state index in [4.69, 9.17) is 4.74 Å². The highest BCUT2D eigenvalue weighted by Crippen LogP contribution is 2.26. The fraction of sp³-hybridized carbons (Fsp3) is 0.333. The van der Waals surface area contributed by atoms with E-state index in [0.717, 1.165) is 40.8 Å². The van der Waals surface area contributed by atoms with Crippen LogP contribution in [0.5, 0.6) is 5.75 Å². The third-order valence-corrected chi connectivity index (χ3v) is 2.91. The second kappa shape index (κ2) is 5.69. The molecule has 0 atom stereocenters. The van der Waals surface area contributed by atoms with Crippen molar-refractivity contribution in [3.8, 4) is 17.0 Å². The van der Waals surface area contributed by atoms with Gasteiger partial charge in [-0.2, -0.15) is 0 Å². The van der Waals surface area contributed by atoms with Gasteiger partial charge in [0.15, 0.2) is 0 Å². The van der Waals surface area contributed by atoms with Gasteiger partial charge in [-0.05, 0) is 44.5 Å². The molecule has 0 bridgehead atoms. The minimum Gasteiger partial charge on any atom is -0.497 e. The Balaban J connectivity index is 2.46. The van der Waals surface area contributed by atoms with Gasteiger partial charge in [0.1, 0.15) is 17.4 Å². The van der Waals surface area contributed by atoms with Gasteiger partial charge < -0.3 is 10.1 Å². The highest BCUT2D eigenvalue weighted by molar-refractivity contribution is 5.67. The van der Waals surface area contributed by atoms with Gasteiger partial charge in [-0.1, -0.05) is 0 Å². The summed E-state index contributed by atoms with van der Waals surface area (Å²) in [4.78, 5) is 8.88. The number of aromatic nitrogens is 2. The van der Waals surface area contributed by atoms with Gasteiger partial charge in [-0.3, -0.25) is 0 Å². The van der Waals surface area contributed by atoms with Gasteiger partial charge >= 0.3 is 0 Å². The molecule has 0 unspecified atom stereocenters. The molecule has 0 radical (unpaired) electrons. The lowest BCUT2D eigenvalue weighted by Crippen LogP contribution is -2.02. The molecule has 1 aromatic heterocycles. The summed E-state index contributed by atoms with van der Waals surface area (Å²) >= 11 is 0. The van der Waals surface area contributed by atoms with E-state index in [1.807, 2.05) is 31.2 Å².